The van der Waals surface area contributed by atoms with Crippen LogP contribution < -0.4 is 5.32 Å². The van der Waals surface area contributed by atoms with E-state index in [-0.39, 0.29) is 0 Å². The Hall–Kier alpha value is -1.27. The minimum absolute atomic E-state index is 0.433. The van der Waals surface area contributed by atoms with Crippen LogP contribution in [-0.2, 0) is 31.5 Å². The van der Waals surface area contributed by atoms with Crippen molar-refractivity contribution in [2.45, 2.75) is 89.3 Å². The number of aromatic nitrogens is 4. The molecule has 0 amide bonds. The summed E-state index contributed by atoms with van der Waals surface area (Å²) < 4.78 is 2.34. The lowest BCUT2D eigenvalue weighted by Gasteiger charge is -2.56. The topological polar surface area (TPSA) is 55.6 Å². The second kappa shape index (κ2) is 6.91. The number of hydrogen-bond acceptors (Lipinski definition) is 5. The molecule has 0 saturated heterocycles. The monoisotopic (exact) mass is 397 g/mol. The molecule has 28 heavy (non-hydrogen) atoms. The van der Waals surface area contributed by atoms with Crippen molar-refractivity contribution in [2.75, 3.05) is 0 Å². The van der Waals surface area contributed by atoms with Crippen molar-refractivity contribution < 1.29 is 0 Å². The molecule has 5 nitrogen and oxygen atoms in total. The summed E-state index contributed by atoms with van der Waals surface area (Å²) in [5, 5.41) is 16.2. The first-order valence-electron chi connectivity index (χ1n) is 11.3. The van der Waals surface area contributed by atoms with Gasteiger partial charge in [-0.3, -0.25) is 0 Å². The molecular formula is C22H31N5S. The molecular weight excluding hydrogens is 366 g/mol. The van der Waals surface area contributed by atoms with Crippen LogP contribution in [0.4, 0.5) is 0 Å². The Morgan fingerprint density at radius 2 is 1.79 bits per heavy atom. The number of hydrogen-bond donors (Lipinski definition) is 1. The Balaban J connectivity index is 1.11. The molecule has 0 unspecified atom stereocenters. The van der Waals surface area contributed by atoms with Gasteiger partial charge in [0.15, 0.2) is 0 Å². The van der Waals surface area contributed by atoms with Gasteiger partial charge in [0.05, 0.1) is 17.2 Å². The van der Waals surface area contributed by atoms with E-state index >= 15 is 0 Å². The summed E-state index contributed by atoms with van der Waals surface area (Å²) in [5.74, 6) is 5.22. The Morgan fingerprint density at radius 3 is 2.57 bits per heavy atom. The van der Waals surface area contributed by atoms with Gasteiger partial charge in [-0.25, -0.2) is 4.98 Å². The van der Waals surface area contributed by atoms with Gasteiger partial charge < -0.3 is 9.88 Å². The Kier molecular flexibility index (Phi) is 4.34. The highest BCUT2D eigenvalue weighted by Gasteiger charge is 2.52. The van der Waals surface area contributed by atoms with E-state index in [1.54, 1.807) is 0 Å². The van der Waals surface area contributed by atoms with E-state index < -0.39 is 0 Å². The number of fused-ring (bicyclic) bond motifs is 1. The fourth-order valence-electron chi connectivity index (χ4n) is 6.98. The van der Waals surface area contributed by atoms with E-state index in [2.05, 4.69) is 25.5 Å². The highest BCUT2D eigenvalue weighted by Crippen LogP contribution is 2.61. The first-order valence-corrected chi connectivity index (χ1v) is 12.2. The molecule has 5 aliphatic rings. The zero-order valence-corrected chi connectivity index (χ0v) is 17.5. The highest BCUT2D eigenvalue weighted by atomic mass is 32.1. The Bertz CT molecular complexity index is 818. The molecule has 2 aromatic rings. The molecule has 1 N–H and O–H groups in total. The molecule has 0 spiro atoms. The van der Waals surface area contributed by atoms with E-state index in [4.69, 9.17) is 4.98 Å². The minimum Gasteiger partial charge on any atom is -0.314 e. The van der Waals surface area contributed by atoms with E-state index in [0.717, 1.165) is 49.6 Å². The molecule has 4 fully saturated rings. The summed E-state index contributed by atoms with van der Waals surface area (Å²) in [4.78, 5) is 5.13. The largest absolute Gasteiger partial charge is 0.314 e. The molecule has 4 saturated carbocycles. The second-order valence-corrected chi connectivity index (χ2v) is 10.8. The summed E-state index contributed by atoms with van der Waals surface area (Å²) in [7, 11) is 0. The Labute approximate surface area is 171 Å². The van der Waals surface area contributed by atoms with Gasteiger partial charge in [-0.05, 0) is 69.1 Å². The van der Waals surface area contributed by atoms with Crippen molar-refractivity contribution in [1.29, 1.82) is 0 Å². The fraction of sp³-hybridized carbons (Fsp3) is 0.773. The minimum atomic E-state index is 0.433. The van der Waals surface area contributed by atoms with Crippen molar-refractivity contribution in [3.63, 3.8) is 0 Å². The first kappa shape index (κ1) is 17.6. The van der Waals surface area contributed by atoms with Gasteiger partial charge in [0, 0.05) is 30.3 Å². The zero-order valence-electron chi connectivity index (χ0n) is 16.7. The molecule has 0 atom stereocenters. The zero-order chi connectivity index (χ0) is 18.6. The molecule has 3 heterocycles. The van der Waals surface area contributed by atoms with Crippen LogP contribution in [-0.4, -0.2) is 19.7 Å². The fourth-order valence-corrected chi connectivity index (χ4v) is 8.04. The van der Waals surface area contributed by atoms with Crippen LogP contribution in [0.1, 0.15) is 80.1 Å². The van der Waals surface area contributed by atoms with Crippen molar-refractivity contribution in [3.8, 4) is 0 Å². The van der Waals surface area contributed by atoms with Crippen LogP contribution >= 0.6 is 11.3 Å². The standard InChI is InChI=1S/C22H31N5S/c1-2-4-19-25-26-20(27(19)5-3-1)13-23-12-18-14-28-21(24-18)22-9-15-6-16(10-22)8-17(7-15)11-22/h14-17,23H,1-13H2. The van der Waals surface area contributed by atoms with Gasteiger partial charge in [-0.1, -0.05) is 6.42 Å². The molecule has 4 aliphatic carbocycles. The molecule has 4 bridgehead atoms. The lowest BCUT2D eigenvalue weighted by atomic mass is 9.50. The number of aryl methyl sites for hydroxylation is 1. The number of nitrogens with zero attached hydrogens (tertiary/aromatic N) is 4. The molecule has 150 valence electrons. The van der Waals surface area contributed by atoms with E-state index in [9.17, 15) is 0 Å². The summed E-state index contributed by atoms with van der Waals surface area (Å²) in [6.45, 7) is 2.70. The van der Waals surface area contributed by atoms with E-state index in [1.807, 2.05) is 11.3 Å². The number of nitrogens with one attached hydrogen (secondary N) is 1. The van der Waals surface area contributed by atoms with Crippen LogP contribution in [0.25, 0.3) is 0 Å². The molecule has 1 aliphatic heterocycles. The van der Waals surface area contributed by atoms with Crippen LogP contribution in [0.15, 0.2) is 5.38 Å². The maximum absolute atomic E-state index is 5.13. The van der Waals surface area contributed by atoms with Gasteiger partial charge in [0.1, 0.15) is 11.6 Å². The highest BCUT2D eigenvalue weighted by molar-refractivity contribution is 7.09. The summed E-state index contributed by atoms with van der Waals surface area (Å²) >= 11 is 1.93. The van der Waals surface area contributed by atoms with E-state index in [1.165, 1.54) is 74.3 Å². The van der Waals surface area contributed by atoms with Crippen LogP contribution in [0.3, 0.4) is 0 Å². The van der Waals surface area contributed by atoms with Crippen molar-refractivity contribution in [2.24, 2.45) is 17.8 Å². The number of thiazole rings is 1. The summed E-state index contributed by atoms with van der Waals surface area (Å²) in [6.07, 6.45) is 13.6. The lowest BCUT2D eigenvalue weighted by Crippen LogP contribution is -2.48. The smallest absolute Gasteiger partial charge is 0.147 e. The lowest BCUT2D eigenvalue weighted by molar-refractivity contribution is -0.00534. The molecule has 7 rings (SSSR count). The number of rotatable bonds is 5. The Morgan fingerprint density at radius 1 is 1.00 bits per heavy atom. The normalized spacial score (nSPS) is 33.8. The maximum atomic E-state index is 5.13. The summed E-state index contributed by atoms with van der Waals surface area (Å²) in [5.41, 5.74) is 1.65. The third kappa shape index (κ3) is 3.04. The third-order valence-corrected chi connectivity index (χ3v) is 8.96. The first-order chi connectivity index (χ1) is 13.8. The van der Waals surface area contributed by atoms with Crippen LogP contribution in [0.5, 0.6) is 0 Å². The average Bonchev–Trinajstić information content (AvgIpc) is 3.23. The quantitative estimate of drug-likeness (QED) is 0.821. The molecule has 0 radical (unpaired) electrons. The van der Waals surface area contributed by atoms with Gasteiger partial charge in [0.2, 0.25) is 0 Å². The average molecular weight is 398 g/mol. The van der Waals surface area contributed by atoms with E-state index in [0.29, 0.717) is 5.41 Å². The maximum Gasteiger partial charge on any atom is 0.147 e. The van der Waals surface area contributed by atoms with Crippen molar-refractivity contribution >= 4 is 11.3 Å². The molecule has 6 heteroatoms. The third-order valence-electron chi connectivity index (χ3n) is 7.82. The van der Waals surface area contributed by atoms with Gasteiger partial charge in [-0.2, -0.15) is 0 Å². The van der Waals surface area contributed by atoms with Gasteiger partial charge in [0.25, 0.3) is 0 Å². The predicted molar refractivity (Wildman–Crippen MR) is 110 cm³/mol. The van der Waals surface area contributed by atoms with Gasteiger partial charge in [-0.15, -0.1) is 21.5 Å². The summed E-state index contributed by atoms with van der Waals surface area (Å²) in [6, 6.07) is 0. The van der Waals surface area contributed by atoms with Crippen LogP contribution in [0, 0.1) is 17.8 Å². The van der Waals surface area contributed by atoms with Crippen LogP contribution in [0.2, 0.25) is 0 Å². The molecule has 0 aromatic carbocycles. The predicted octanol–water partition coefficient (Wildman–Crippen LogP) is 4.22. The van der Waals surface area contributed by atoms with Gasteiger partial charge >= 0.3 is 0 Å². The van der Waals surface area contributed by atoms with Crippen molar-refractivity contribution in [1.82, 2.24) is 25.1 Å². The molecule has 2 aromatic heterocycles. The van der Waals surface area contributed by atoms with Crippen molar-refractivity contribution in [3.05, 3.63) is 27.7 Å². The second-order valence-electron chi connectivity index (χ2n) is 9.94. The SMILES string of the molecule is c1sc(C23CC4CC(CC(C4)C2)C3)nc1CNCc1nnc2n1CCCCC2.